The first kappa shape index (κ1) is 11.5. The van der Waals surface area contributed by atoms with Crippen LogP contribution >= 0.6 is 0 Å². The van der Waals surface area contributed by atoms with Crippen molar-refractivity contribution in [1.29, 1.82) is 5.41 Å². The Morgan fingerprint density at radius 2 is 2.00 bits per heavy atom. The van der Waals surface area contributed by atoms with Crippen molar-refractivity contribution in [3.8, 4) is 5.75 Å². The highest BCUT2D eigenvalue weighted by Gasteiger charge is 2.01. The quantitative estimate of drug-likeness (QED) is 0.567. The van der Waals surface area contributed by atoms with E-state index in [1.165, 1.54) is 0 Å². The van der Waals surface area contributed by atoms with Crippen LogP contribution in [0.2, 0.25) is 0 Å². The van der Waals surface area contributed by atoms with Crippen molar-refractivity contribution >= 4 is 5.84 Å². The van der Waals surface area contributed by atoms with Gasteiger partial charge in [0.1, 0.15) is 18.2 Å². The molecular weight excluding hydrogens is 192 g/mol. The maximum atomic E-state index is 7.22. The second-order valence-corrected chi connectivity index (χ2v) is 3.30. The third-order valence-electron chi connectivity index (χ3n) is 2.05. The summed E-state index contributed by atoms with van der Waals surface area (Å²) in [6.45, 7) is 2.44. The van der Waals surface area contributed by atoms with E-state index >= 15 is 0 Å². The van der Waals surface area contributed by atoms with Gasteiger partial charge in [0.05, 0.1) is 6.10 Å². The van der Waals surface area contributed by atoms with Gasteiger partial charge in [-0.1, -0.05) is 0 Å². The van der Waals surface area contributed by atoms with Gasteiger partial charge in [-0.15, -0.1) is 0 Å². The van der Waals surface area contributed by atoms with Crippen molar-refractivity contribution in [3.63, 3.8) is 0 Å². The van der Waals surface area contributed by atoms with Crippen LogP contribution in [0.4, 0.5) is 0 Å². The lowest BCUT2D eigenvalue weighted by Gasteiger charge is -2.11. The van der Waals surface area contributed by atoms with Gasteiger partial charge >= 0.3 is 0 Å². The standard InChI is InChI=1S/C11H16N2O2/c1-8(14-2)7-15-10-5-3-9(4-6-10)11(12)13/h3-6,8H,7H2,1-2H3,(H3,12,13). The van der Waals surface area contributed by atoms with Gasteiger partial charge in [0.2, 0.25) is 0 Å². The van der Waals surface area contributed by atoms with Crippen LogP contribution in [0.15, 0.2) is 24.3 Å². The number of rotatable bonds is 5. The predicted molar refractivity (Wildman–Crippen MR) is 59.4 cm³/mol. The fraction of sp³-hybridized carbons (Fsp3) is 0.364. The first-order valence-corrected chi connectivity index (χ1v) is 4.73. The van der Waals surface area contributed by atoms with E-state index in [2.05, 4.69) is 0 Å². The molecule has 0 saturated heterocycles. The zero-order chi connectivity index (χ0) is 11.3. The van der Waals surface area contributed by atoms with Crippen LogP contribution in [0.3, 0.4) is 0 Å². The van der Waals surface area contributed by atoms with Crippen LogP contribution in [0, 0.1) is 5.41 Å². The lowest BCUT2D eigenvalue weighted by molar-refractivity contribution is 0.0717. The molecule has 1 atom stereocenters. The highest BCUT2D eigenvalue weighted by Crippen LogP contribution is 2.12. The Kier molecular flexibility index (Phi) is 4.12. The molecule has 0 aliphatic rings. The molecule has 0 bridgehead atoms. The first-order chi connectivity index (χ1) is 7.13. The molecule has 3 N–H and O–H groups in total. The Morgan fingerprint density at radius 1 is 1.40 bits per heavy atom. The van der Waals surface area contributed by atoms with Crippen LogP contribution in [-0.4, -0.2) is 25.7 Å². The molecular formula is C11H16N2O2. The molecule has 0 saturated carbocycles. The van der Waals surface area contributed by atoms with E-state index < -0.39 is 0 Å². The lowest BCUT2D eigenvalue weighted by atomic mass is 10.2. The average molecular weight is 208 g/mol. The largest absolute Gasteiger partial charge is 0.491 e. The fourth-order valence-corrected chi connectivity index (χ4v) is 1.01. The number of hydrogen-bond acceptors (Lipinski definition) is 3. The number of hydrogen-bond donors (Lipinski definition) is 2. The van der Waals surface area contributed by atoms with Gasteiger partial charge < -0.3 is 15.2 Å². The van der Waals surface area contributed by atoms with E-state index in [4.69, 9.17) is 20.6 Å². The normalized spacial score (nSPS) is 12.1. The van der Waals surface area contributed by atoms with Gasteiger partial charge in [0.25, 0.3) is 0 Å². The minimum Gasteiger partial charge on any atom is -0.491 e. The summed E-state index contributed by atoms with van der Waals surface area (Å²) >= 11 is 0. The van der Waals surface area contributed by atoms with Crippen LogP contribution < -0.4 is 10.5 Å². The number of amidine groups is 1. The Bertz CT molecular complexity index is 322. The monoisotopic (exact) mass is 208 g/mol. The highest BCUT2D eigenvalue weighted by atomic mass is 16.5. The van der Waals surface area contributed by atoms with Crippen molar-refractivity contribution in [2.75, 3.05) is 13.7 Å². The van der Waals surface area contributed by atoms with E-state index in [9.17, 15) is 0 Å². The minimum absolute atomic E-state index is 0.0619. The first-order valence-electron chi connectivity index (χ1n) is 4.73. The summed E-state index contributed by atoms with van der Waals surface area (Å²) in [5.41, 5.74) is 6.03. The molecule has 1 unspecified atom stereocenters. The van der Waals surface area contributed by atoms with Gasteiger partial charge in [-0.25, -0.2) is 0 Å². The van der Waals surface area contributed by atoms with Crippen molar-refractivity contribution in [1.82, 2.24) is 0 Å². The van der Waals surface area contributed by atoms with Gasteiger partial charge in [0, 0.05) is 12.7 Å². The van der Waals surface area contributed by atoms with Crippen molar-refractivity contribution in [2.24, 2.45) is 5.73 Å². The second-order valence-electron chi connectivity index (χ2n) is 3.30. The summed E-state index contributed by atoms with van der Waals surface area (Å²) in [5, 5.41) is 7.22. The van der Waals surface area contributed by atoms with E-state index in [1.54, 1.807) is 31.4 Å². The summed E-state index contributed by atoms with van der Waals surface area (Å²) in [6, 6.07) is 7.10. The van der Waals surface area contributed by atoms with E-state index in [-0.39, 0.29) is 11.9 Å². The Labute approximate surface area is 89.5 Å². The summed E-state index contributed by atoms with van der Waals surface area (Å²) in [4.78, 5) is 0. The van der Waals surface area contributed by atoms with E-state index in [0.29, 0.717) is 12.2 Å². The second kappa shape index (κ2) is 5.36. The lowest BCUT2D eigenvalue weighted by Crippen LogP contribution is -2.16. The smallest absolute Gasteiger partial charge is 0.122 e. The number of nitrogens with one attached hydrogen (secondary N) is 1. The number of benzene rings is 1. The molecule has 1 aromatic carbocycles. The minimum atomic E-state index is 0.0619. The predicted octanol–water partition coefficient (Wildman–Crippen LogP) is 1.38. The Balaban J connectivity index is 2.53. The van der Waals surface area contributed by atoms with Gasteiger partial charge in [-0.3, -0.25) is 5.41 Å². The SMILES string of the molecule is COC(C)COc1ccc(C(=N)N)cc1. The van der Waals surface area contributed by atoms with Crippen LogP contribution in [-0.2, 0) is 4.74 Å². The maximum Gasteiger partial charge on any atom is 0.122 e. The Morgan fingerprint density at radius 3 is 2.47 bits per heavy atom. The van der Waals surface area contributed by atoms with Crippen molar-refractivity contribution in [2.45, 2.75) is 13.0 Å². The molecule has 4 nitrogen and oxygen atoms in total. The van der Waals surface area contributed by atoms with Crippen molar-refractivity contribution < 1.29 is 9.47 Å². The van der Waals surface area contributed by atoms with Crippen LogP contribution in [0.1, 0.15) is 12.5 Å². The molecule has 15 heavy (non-hydrogen) atoms. The molecule has 0 radical (unpaired) electrons. The molecule has 0 amide bonds. The molecule has 0 aliphatic carbocycles. The average Bonchev–Trinajstić information content (AvgIpc) is 2.26. The zero-order valence-electron chi connectivity index (χ0n) is 8.99. The van der Waals surface area contributed by atoms with Gasteiger partial charge in [-0.2, -0.15) is 0 Å². The van der Waals surface area contributed by atoms with Crippen molar-refractivity contribution in [3.05, 3.63) is 29.8 Å². The molecule has 1 rings (SSSR count). The fourth-order valence-electron chi connectivity index (χ4n) is 1.01. The highest BCUT2D eigenvalue weighted by molar-refractivity contribution is 5.94. The third kappa shape index (κ3) is 3.59. The summed E-state index contributed by atoms with van der Waals surface area (Å²) < 4.78 is 10.5. The summed E-state index contributed by atoms with van der Waals surface area (Å²) in [5.74, 6) is 0.815. The molecule has 82 valence electrons. The third-order valence-corrected chi connectivity index (χ3v) is 2.05. The summed E-state index contributed by atoms with van der Waals surface area (Å²) in [6.07, 6.45) is 0.0671. The number of nitrogen functional groups attached to an aromatic ring is 1. The Hall–Kier alpha value is -1.55. The molecule has 4 heteroatoms. The van der Waals surface area contributed by atoms with Crippen LogP contribution in [0.5, 0.6) is 5.75 Å². The molecule has 0 fully saturated rings. The van der Waals surface area contributed by atoms with Crippen LogP contribution in [0.25, 0.3) is 0 Å². The van der Waals surface area contributed by atoms with Gasteiger partial charge in [-0.05, 0) is 31.2 Å². The number of methoxy groups -OCH3 is 1. The molecule has 0 aromatic heterocycles. The molecule has 0 aliphatic heterocycles. The summed E-state index contributed by atoms with van der Waals surface area (Å²) in [7, 11) is 1.65. The van der Waals surface area contributed by atoms with E-state index in [0.717, 1.165) is 5.75 Å². The molecule has 0 spiro atoms. The number of ether oxygens (including phenoxy) is 2. The van der Waals surface area contributed by atoms with Gasteiger partial charge in [0.15, 0.2) is 0 Å². The topological polar surface area (TPSA) is 68.3 Å². The zero-order valence-corrected chi connectivity index (χ0v) is 8.99. The maximum absolute atomic E-state index is 7.22. The number of nitrogens with two attached hydrogens (primary N) is 1. The molecule has 1 aromatic rings. The molecule has 0 heterocycles. The van der Waals surface area contributed by atoms with E-state index in [1.807, 2.05) is 6.92 Å².